The summed E-state index contributed by atoms with van der Waals surface area (Å²) in [5, 5.41) is 20.6. The van der Waals surface area contributed by atoms with E-state index in [1.54, 1.807) is 12.1 Å². The van der Waals surface area contributed by atoms with Gasteiger partial charge in [-0.25, -0.2) is 0 Å². The van der Waals surface area contributed by atoms with Gasteiger partial charge in [0.2, 0.25) is 0 Å². The highest BCUT2D eigenvalue weighted by Gasteiger charge is 2.57. The lowest BCUT2D eigenvalue weighted by molar-refractivity contribution is -0.0505. The summed E-state index contributed by atoms with van der Waals surface area (Å²) >= 11 is 0. The number of aliphatic hydroxyl groups excluding tert-OH is 2. The van der Waals surface area contributed by atoms with Gasteiger partial charge >= 0.3 is 10.4 Å². The van der Waals surface area contributed by atoms with Crippen LogP contribution in [0.2, 0.25) is 0 Å². The number of hydrogen-bond acceptors (Lipinski definition) is 5. The Morgan fingerprint density at radius 2 is 2.00 bits per heavy atom. The Bertz CT molecular complexity index is 791. The van der Waals surface area contributed by atoms with Crippen LogP contribution >= 0.6 is 0 Å². The molecule has 6 nitrogen and oxygen atoms in total. The second-order valence-electron chi connectivity index (χ2n) is 8.08. The molecule has 3 aliphatic carbocycles. The minimum atomic E-state index is -4.51. The summed E-state index contributed by atoms with van der Waals surface area (Å²) in [6.45, 7) is 2.10. The second kappa shape index (κ2) is 5.67. The molecule has 0 heterocycles. The summed E-state index contributed by atoms with van der Waals surface area (Å²) in [5.74, 6) is 1.22. The number of hydrogen-bond donors (Lipinski definition) is 3. The molecule has 25 heavy (non-hydrogen) atoms. The van der Waals surface area contributed by atoms with Gasteiger partial charge in [-0.2, -0.15) is 8.42 Å². The first-order chi connectivity index (χ1) is 11.7. The van der Waals surface area contributed by atoms with E-state index in [1.807, 2.05) is 6.07 Å². The van der Waals surface area contributed by atoms with Crippen molar-refractivity contribution in [3.05, 3.63) is 29.3 Å². The number of benzene rings is 1. The van der Waals surface area contributed by atoms with Gasteiger partial charge in [-0.05, 0) is 78.5 Å². The Morgan fingerprint density at radius 1 is 1.24 bits per heavy atom. The van der Waals surface area contributed by atoms with Crippen molar-refractivity contribution in [2.75, 3.05) is 0 Å². The van der Waals surface area contributed by atoms with E-state index < -0.39 is 22.6 Å². The van der Waals surface area contributed by atoms with Gasteiger partial charge < -0.3 is 14.4 Å². The van der Waals surface area contributed by atoms with Crippen molar-refractivity contribution >= 4 is 10.4 Å². The molecule has 0 bridgehead atoms. The third-order valence-corrected chi connectivity index (χ3v) is 7.28. The summed E-state index contributed by atoms with van der Waals surface area (Å²) in [5.41, 5.74) is 2.05. The SMILES string of the molecule is C[C@@]12CC[C@H]3c4ccc(OS(=O)(=O)O)cc4CC[C@@H]3[C@H]1C[C@H](O)[C@H]2O. The van der Waals surface area contributed by atoms with Crippen LogP contribution in [0.4, 0.5) is 0 Å². The highest BCUT2D eigenvalue weighted by Crippen LogP contribution is 2.60. The summed E-state index contributed by atoms with van der Waals surface area (Å²) in [4.78, 5) is 0. The van der Waals surface area contributed by atoms with Gasteiger partial charge in [0.15, 0.2) is 0 Å². The Balaban J connectivity index is 1.64. The molecule has 138 valence electrons. The molecule has 3 N–H and O–H groups in total. The Hall–Kier alpha value is -1.15. The minimum absolute atomic E-state index is 0.132. The third kappa shape index (κ3) is 2.77. The summed E-state index contributed by atoms with van der Waals surface area (Å²) < 4.78 is 35.2. The van der Waals surface area contributed by atoms with Crippen LogP contribution in [-0.2, 0) is 16.8 Å². The molecule has 7 heteroatoms. The summed E-state index contributed by atoms with van der Waals surface area (Å²) in [7, 11) is -4.51. The molecule has 0 amide bonds. The molecule has 4 rings (SSSR count). The Morgan fingerprint density at radius 3 is 2.72 bits per heavy atom. The molecule has 0 aromatic heterocycles. The van der Waals surface area contributed by atoms with E-state index in [0.717, 1.165) is 31.2 Å². The van der Waals surface area contributed by atoms with E-state index in [-0.39, 0.29) is 11.2 Å². The second-order valence-corrected chi connectivity index (χ2v) is 9.10. The van der Waals surface area contributed by atoms with Crippen LogP contribution in [0.3, 0.4) is 0 Å². The number of fused-ring (bicyclic) bond motifs is 5. The average molecular weight is 368 g/mol. The highest BCUT2D eigenvalue weighted by molar-refractivity contribution is 7.81. The molecule has 2 fully saturated rings. The molecule has 0 unspecified atom stereocenters. The predicted molar refractivity (Wildman–Crippen MR) is 90.6 cm³/mol. The van der Waals surface area contributed by atoms with E-state index in [9.17, 15) is 18.6 Å². The zero-order chi connectivity index (χ0) is 18.0. The standard InChI is InChI=1S/C18H24O6S/c1-18-7-6-13-12-5-3-11(24-25(21,22)23)8-10(12)2-4-14(13)15(18)9-16(19)17(18)20/h3,5,8,13-17,19-20H,2,4,6-7,9H2,1H3,(H,21,22,23)/t13-,14-,15+,16-,17+,18+/m0/s1. The van der Waals surface area contributed by atoms with Gasteiger partial charge in [0.1, 0.15) is 5.75 Å². The molecule has 1 aromatic rings. The lowest BCUT2D eigenvalue weighted by atomic mass is 9.55. The Kier molecular flexibility index (Phi) is 3.92. The number of aryl methyl sites for hydroxylation is 1. The van der Waals surface area contributed by atoms with E-state index in [4.69, 9.17) is 4.55 Å². The highest BCUT2D eigenvalue weighted by atomic mass is 32.3. The normalized spacial score (nSPS) is 40.1. The van der Waals surface area contributed by atoms with Gasteiger partial charge in [0, 0.05) is 0 Å². The van der Waals surface area contributed by atoms with Crippen LogP contribution in [0.5, 0.6) is 5.75 Å². The summed E-state index contributed by atoms with van der Waals surface area (Å²) in [6, 6.07) is 5.18. The number of rotatable bonds is 2. The van der Waals surface area contributed by atoms with Crippen molar-refractivity contribution in [3.8, 4) is 5.75 Å². The van der Waals surface area contributed by atoms with Crippen molar-refractivity contribution < 1.29 is 27.4 Å². The predicted octanol–water partition coefficient (Wildman–Crippen LogP) is 2.06. The smallest absolute Gasteiger partial charge is 0.390 e. The zero-order valence-electron chi connectivity index (χ0n) is 14.1. The molecule has 0 aliphatic heterocycles. The van der Waals surface area contributed by atoms with Crippen LogP contribution in [0.1, 0.15) is 49.7 Å². The van der Waals surface area contributed by atoms with Crippen molar-refractivity contribution in [2.45, 2.75) is 57.2 Å². The fourth-order valence-corrected chi connectivity index (χ4v) is 6.07. The van der Waals surface area contributed by atoms with Gasteiger partial charge in [-0.15, -0.1) is 0 Å². The van der Waals surface area contributed by atoms with Crippen LogP contribution in [0, 0.1) is 17.3 Å². The zero-order valence-corrected chi connectivity index (χ0v) is 14.9. The number of aliphatic hydroxyl groups is 2. The lowest BCUT2D eigenvalue weighted by Gasteiger charge is -2.49. The molecule has 0 spiro atoms. The fraction of sp³-hybridized carbons (Fsp3) is 0.667. The molecule has 1 aromatic carbocycles. The van der Waals surface area contributed by atoms with Crippen LogP contribution in [-0.4, -0.2) is 35.4 Å². The maximum absolute atomic E-state index is 10.9. The molecule has 2 saturated carbocycles. The quantitative estimate of drug-likeness (QED) is 0.690. The first-order valence-corrected chi connectivity index (χ1v) is 10.2. The van der Waals surface area contributed by atoms with Crippen molar-refractivity contribution in [1.29, 1.82) is 0 Å². The molecule has 0 saturated heterocycles. The summed E-state index contributed by atoms with van der Waals surface area (Å²) in [6.07, 6.45) is 2.95. The molecule has 6 atom stereocenters. The largest absolute Gasteiger partial charge is 0.446 e. The van der Waals surface area contributed by atoms with Gasteiger partial charge in [0.05, 0.1) is 12.2 Å². The Labute approximate surface area is 147 Å². The maximum atomic E-state index is 10.9. The molecular weight excluding hydrogens is 344 g/mol. The monoisotopic (exact) mass is 368 g/mol. The van der Waals surface area contributed by atoms with Crippen LogP contribution in [0.25, 0.3) is 0 Å². The van der Waals surface area contributed by atoms with Gasteiger partial charge in [0.25, 0.3) is 0 Å². The first-order valence-electron chi connectivity index (χ1n) is 8.85. The van der Waals surface area contributed by atoms with E-state index in [1.165, 1.54) is 5.56 Å². The average Bonchev–Trinajstić information content (AvgIpc) is 2.76. The topological polar surface area (TPSA) is 104 Å². The van der Waals surface area contributed by atoms with Crippen molar-refractivity contribution in [2.24, 2.45) is 17.3 Å². The maximum Gasteiger partial charge on any atom is 0.446 e. The van der Waals surface area contributed by atoms with Crippen molar-refractivity contribution in [3.63, 3.8) is 0 Å². The minimum Gasteiger partial charge on any atom is -0.390 e. The van der Waals surface area contributed by atoms with Crippen LogP contribution in [0.15, 0.2) is 18.2 Å². The fourth-order valence-electron chi connectivity index (χ4n) is 5.72. The molecule has 0 radical (unpaired) electrons. The van der Waals surface area contributed by atoms with Gasteiger partial charge in [-0.1, -0.05) is 13.0 Å². The van der Waals surface area contributed by atoms with Gasteiger partial charge in [-0.3, -0.25) is 4.55 Å². The lowest BCUT2D eigenvalue weighted by Crippen LogP contribution is -2.44. The van der Waals surface area contributed by atoms with E-state index in [0.29, 0.717) is 24.2 Å². The third-order valence-electron chi connectivity index (χ3n) is 6.87. The molecule has 3 aliphatic rings. The van der Waals surface area contributed by atoms with E-state index >= 15 is 0 Å². The van der Waals surface area contributed by atoms with Crippen molar-refractivity contribution in [1.82, 2.24) is 0 Å². The molecular formula is C18H24O6S. The first kappa shape index (κ1) is 17.3. The van der Waals surface area contributed by atoms with E-state index in [2.05, 4.69) is 11.1 Å². The van der Waals surface area contributed by atoms with Crippen LogP contribution < -0.4 is 4.18 Å².